The number of carbonyl (C=O) groups excluding carboxylic acids is 3. The predicted molar refractivity (Wildman–Crippen MR) is 117 cm³/mol. The molecule has 2 fully saturated rings. The van der Waals surface area contributed by atoms with E-state index in [0.717, 1.165) is 43.7 Å². The van der Waals surface area contributed by atoms with Gasteiger partial charge in [-0.15, -0.1) is 0 Å². The minimum Gasteiger partial charge on any atom is -0.370 e. The van der Waals surface area contributed by atoms with Gasteiger partial charge in [-0.2, -0.15) is 0 Å². The number of piperidine rings is 1. The van der Waals surface area contributed by atoms with E-state index in [2.05, 4.69) is 10.2 Å². The molecule has 2 aromatic carbocycles. The van der Waals surface area contributed by atoms with E-state index in [4.69, 9.17) is 5.73 Å². The van der Waals surface area contributed by atoms with E-state index in [-0.39, 0.29) is 11.8 Å². The highest BCUT2D eigenvalue weighted by Crippen LogP contribution is 2.30. The maximum absolute atomic E-state index is 12.9. The van der Waals surface area contributed by atoms with Crippen molar-refractivity contribution < 1.29 is 14.4 Å². The fourth-order valence-electron chi connectivity index (χ4n) is 4.11. The van der Waals surface area contributed by atoms with Crippen LogP contribution in [-0.4, -0.2) is 37.4 Å². The zero-order valence-corrected chi connectivity index (χ0v) is 16.9. The highest BCUT2D eigenvalue weighted by atomic mass is 16.2. The molecule has 2 aromatic rings. The van der Waals surface area contributed by atoms with Gasteiger partial charge in [0.1, 0.15) is 0 Å². The van der Waals surface area contributed by atoms with E-state index in [1.807, 2.05) is 6.07 Å². The second-order valence-electron chi connectivity index (χ2n) is 7.79. The molecular weight excluding hydrogens is 380 g/mol. The maximum Gasteiger partial charge on any atom is 0.255 e. The summed E-state index contributed by atoms with van der Waals surface area (Å²) < 4.78 is 0. The summed E-state index contributed by atoms with van der Waals surface area (Å²) in [6.07, 6.45) is 4.82. The van der Waals surface area contributed by atoms with Gasteiger partial charge >= 0.3 is 0 Å². The second-order valence-corrected chi connectivity index (χ2v) is 7.79. The average Bonchev–Trinajstić information content (AvgIpc) is 3.20. The zero-order chi connectivity index (χ0) is 21.1. The number of nitrogens with two attached hydrogens (primary N) is 1. The lowest BCUT2D eigenvalue weighted by Crippen LogP contribution is -2.30. The molecule has 2 aliphatic rings. The van der Waals surface area contributed by atoms with E-state index in [0.29, 0.717) is 29.8 Å². The van der Waals surface area contributed by atoms with Crippen LogP contribution in [-0.2, 0) is 4.79 Å². The number of amides is 3. The first-order valence-electron chi connectivity index (χ1n) is 10.4. The van der Waals surface area contributed by atoms with Crippen LogP contribution in [0.25, 0.3) is 0 Å². The van der Waals surface area contributed by atoms with Crippen LogP contribution in [0.4, 0.5) is 17.1 Å². The number of rotatable bonds is 5. The third kappa shape index (κ3) is 4.15. The van der Waals surface area contributed by atoms with Crippen molar-refractivity contribution >= 4 is 34.8 Å². The molecule has 3 N–H and O–H groups in total. The molecule has 0 bridgehead atoms. The summed E-state index contributed by atoms with van der Waals surface area (Å²) in [6.45, 7) is 2.54. The summed E-state index contributed by atoms with van der Waals surface area (Å²) in [5.74, 6) is -0.689. The molecular formula is C23H26N4O3. The molecule has 156 valence electrons. The Morgan fingerprint density at radius 2 is 1.57 bits per heavy atom. The van der Waals surface area contributed by atoms with Gasteiger partial charge in [-0.25, -0.2) is 0 Å². The third-order valence-corrected chi connectivity index (χ3v) is 5.74. The summed E-state index contributed by atoms with van der Waals surface area (Å²) >= 11 is 0. The van der Waals surface area contributed by atoms with Crippen LogP contribution in [0.5, 0.6) is 0 Å². The smallest absolute Gasteiger partial charge is 0.255 e. The van der Waals surface area contributed by atoms with Gasteiger partial charge in [0.2, 0.25) is 11.8 Å². The van der Waals surface area contributed by atoms with Crippen molar-refractivity contribution in [1.29, 1.82) is 0 Å². The number of hydrogen-bond donors (Lipinski definition) is 2. The summed E-state index contributed by atoms with van der Waals surface area (Å²) in [4.78, 5) is 40.4. The van der Waals surface area contributed by atoms with Crippen molar-refractivity contribution in [2.45, 2.75) is 32.1 Å². The highest BCUT2D eigenvalue weighted by Gasteiger charge is 2.22. The molecule has 3 amide bonds. The largest absolute Gasteiger partial charge is 0.370 e. The Kier molecular flexibility index (Phi) is 5.70. The van der Waals surface area contributed by atoms with Crippen molar-refractivity contribution in [3.8, 4) is 0 Å². The Hall–Kier alpha value is -3.35. The lowest BCUT2D eigenvalue weighted by Gasteiger charge is -2.30. The SMILES string of the molecule is NC(=O)c1ccc(N2CCCCC2)c(NC(=O)c2ccc(N3CCCC3=O)cc2)c1. The average molecular weight is 406 g/mol. The van der Waals surface area contributed by atoms with Gasteiger partial charge in [-0.05, 0) is 68.1 Å². The molecule has 7 heteroatoms. The van der Waals surface area contributed by atoms with Gasteiger partial charge in [0.05, 0.1) is 11.4 Å². The van der Waals surface area contributed by atoms with Crippen LogP contribution in [0.2, 0.25) is 0 Å². The van der Waals surface area contributed by atoms with Crippen LogP contribution < -0.4 is 20.9 Å². The van der Waals surface area contributed by atoms with E-state index in [9.17, 15) is 14.4 Å². The quantitative estimate of drug-likeness (QED) is 0.797. The van der Waals surface area contributed by atoms with Gasteiger partial charge in [0.25, 0.3) is 5.91 Å². The maximum atomic E-state index is 12.9. The number of primary amides is 1. The number of anilines is 3. The molecule has 7 nitrogen and oxygen atoms in total. The second kappa shape index (κ2) is 8.57. The molecule has 0 atom stereocenters. The number of nitrogens with zero attached hydrogens (tertiary/aromatic N) is 2. The van der Waals surface area contributed by atoms with E-state index in [1.54, 1.807) is 41.3 Å². The molecule has 30 heavy (non-hydrogen) atoms. The summed E-state index contributed by atoms with van der Waals surface area (Å²) in [6, 6.07) is 12.2. The van der Waals surface area contributed by atoms with Crippen LogP contribution in [0.3, 0.4) is 0 Å². The van der Waals surface area contributed by atoms with Gasteiger partial charge in [0.15, 0.2) is 0 Å². The Morgan fingerprint density at radius 1 is 0.867 bits per heavy atom. The standard InChI is InChI=1S/C23H26N4O3/c24-22(29)17-8-11-20(26-12-2-1-3-13-26)19(15-17)25-23(30)16-6-9-18(10-7-16)27-14-4-5-21(27)28/h6-11,15H,1-5,12-14H2,(H2,24,29)(H,25,30). The van der Waals surface area contributed by atoms with Gasteiger partial charge in [-0.1, -0.05) is 0 Å². The van der Waals surface area contributed by atoms with Crippen molar-refractivity contribution in [2.24, 2.45) is 5.73 Å². The highest BCUT2D eigenvalue weighted by molar-refractivity contribution is 6.07. The molecule has 0 aromatic heterocycles. The number of hydrogen-bond acceptors (Lipinski definition) is 4. The molecule has 0 aliphatic carbocycles. The molecule has 0 saturated carbocycles. The molecule has 2 heterocycles. The van der Waals surface area contributed by atoms with Gasteiger partial charge in [-0.3, -0.25) is 14.4 Å². The first-order chi connectivity index (χ1) is 14.5. The van der Waals surface area contributed by atoms with Crippen LogP contribution in [0.1, 0.15) is 52.8 Å². The monoisotopic (exact) mass is 406 g/mol. The van der Waals surface area contributed by atoms with Crippen LogP contribution in [0, 0.1) is 0 Å². The van der Waals surface area contributed by atoms with E-state index >= 15 is 0 Å². The lowest BCUT2D eigenvalue weighted by atomic mass is 10.1. The van der Waals surface area contributed by atoms with Crippen molar-refractivity contribution in [3.63, 3.8) is 0 Å². The molecule has 2 aliphatic heterocycles. The number of benzene rings is 2. The van der Waals surface area contributed by atoms with Gasteiger partial charge in [0, 0.05) is 42.9 Å². The van der Waals surface area contributed by atoms with Crippen molar-refractivity contribution in [2.75, 3.05) is 34.8 Å². The summed E-state index contributed by atoms with van der Waals surface area (Å²) in [7, 11) is 0. The molecule has 0 unspecified atom stereocenters. The van der Waals surface area contributed by atoms with Crippen LogP contribution in [0.15, 0.2) is 42.5 Å². The topological polar surface area (TPSA) is 95.7 Å². The molecule has 0 radical (unpaired) electrons. The Labute approximate surface area is 175 Å². The first kappa shape index (κ1) is 19.9. The van der Waals surface area contributed by atoms with E-state index < -0.39 is 5.91 Å². The normalized spacial score (nSPS) is 16.6. The first-order valence-corrected chi connectivity index (χ1v) is 10.4. The fourth-order valence-corrected chi connectivity index (χ4v) is 4.11. The van der Waals surface area contributed by atoms with Crippen molar-refractivity contribution in [1.82, 2.24) is 0 Å². The summed E-state index contributed by atoms with van der Waals surface area (Å²) in [5, 5.41) is 2.95. The zero-order valence-electron chi connectivity index (χ0n) is 16.9. The molecule has 2 saturated heterocycles. The fraction of sp³-hybridized carbons (Fsp3) is 0.348. The molecule has 4 rings (SSSR count). The summed E-state index contributed by atoms with van der Waals surface area (Å²) in [5.41, 5.74) is 8.57. The lowest BCUT2D eigenvalue weighted by molar-refractivity contribution is -0.117. The third-order valence-electron chi connectivity index (χ3n) is 5.74. The Morgan fingerprint density at radius 3 is 2.20 bits per heavy atom. The Balaban J connectivity index is 1.56. The minimum atomic E-state index is -0.532. The minimum absolute atomic E-state index is 0.113. The number of nitrogens with one attached hydrogen (secondary N) is 1. The van der Waals surface area contributed by atoms with Crippen molar-refractivity contribution in [3.05, 3.63) is 53.6 Å². The van der Waals surface area contributed by atoms with Gasteiger partial charge < -0.3 is 20.9 Å². The Bertz CT molecular complexity index is 965. The van der Waals surface area contributed by atoms with E-state index in [1.165, 1.54) is 6.42 Å². The predicted octanol–water partition coefficient (Wildman–Crippen LogP) is 3.15. The molecule has 0 spiro atoms. The number of carbonyl (C=O) groups is 3. The van der Waals surface area contributed by atoms with Crippen LogP contribution >= 0.6 is 0 Å².